The van der Waals surface area contributed by atoms with Gasteiger partial charge in [-0.05, 0) is 46.7 Å². The number of fused-ring (bicyclic) bond motifs is 1. The predicted octanol–water partition coefficient (Wildman–Crippen LogP) is 5.97. The highest BCUT2D eigenvalue weighted by Crippen LogP contribution is 2.27. The summed E-state index contributed by atoms with van der Waals surface area (Å²) in [6.45, 7) is 0.441. The third-order valence-corrected chi connectivity index (χ3v) is 5.56. The molecular weight excluding hydrogens is 422 g/mol. The minimum atomic E-state index is -0.285. The predicted molar refractivity (Wildman–Crippen MR) is 136 cm³/mol. The smallest absolute Gasteiger partial charge is 0.273 e. The molecule has 4 aromatic carbocycles. The van der Waals surface area contributed by atoms with Gasteiger partial charge in [-0.25, -0.2) is 5.43 Å². The lowest BCUT2D eigenvalue weighted by molar-refractivity contribution is 0.0955. The molecule has 0 atom stereocenters. The van der Waals surface area contributed by atoms with Gasteiger partial charge < -0.3 is 9.30 Å². The molecule has 0 fully saturated rings. The van der Waals surface area contributed by atoms with E-state index in [9.17, 15) is 4.79 Å². The Hall–Kier alpha value is -4.64. The molecule has 1 amide bonds. The Morgan fingerprint density at radius 2 is 1.56 bits per heavy atom. The minimum Gasteiger partial charge on any atom is -0.488 e. The van der Waals surface area contributed by atoms with Gasteiger partial charge in [0.1, 0.15) is 12.4 Å². The first-order valence-corrected chi connectivity index (χ1v) is 11.0. The van der Waals surface area contributed by atoms with E-state index < -0.39 is 0 Å². The van der Waals surface area contributed by atoms with Crippen LogP contribution in [0.2, 0.25) is 0 Å². The van der Waals surface area contributed by atoms with Crippen molar-refractivity contribution in [1.29, 1.82) is 0 Å². The first kappa shape index (κ1) is 21.2. The number of carbonyl (C=O) groups excluding carboxylic acids is 1. The van der Waals surface area contributed by atoms with Crippen LogP contribution >= 0.6 is 0 Å². The fourth-order valence-corrected chi connectivity index (χ4v) is 3.87. The minimum absolute atomic E-state index is 0.285. The molecule has 5 rings (SSSR count). The Kier molecular flexibility index (Phi) is 6.16. The van der Waals surface area contributed by atoms with Gasteiger partial charge in [-0.3, -0.25) is 4.79 Å². The zero-order chi connectivity index (χ0) is 23.2. The van der Waals surface area contributed by atoms with Crippen LogP contribution in [0.25, 0.3) is 16.5 Å². The van der Waals surface area contributed by atoms with E-state index in [-0.39, 0.29) is 5.91 Å². The molecule has 1 N–H and O–H groups in total. The van der Waals surface area contributed by atoms with Gasteiger partial charge in [0.2, 0.25) is 0 Å². The Balaban J connectivity index is 1.41. The third-order valence-electron chi connectivity index (χ3n) is 5.56. The maximum absolute atomic E-state index is 12.9. The fourth-order valence-electron chi connectivity index (χ4n) is 3.87. The highest BCUT2D eigenvalue weighted by Gasteiger charge is 2.12. The summed E-state index contributed by atoms with van der Waals surface area (Å²) in [5.74, 6) is 0.417. The van der Waals surface area contributed by atoms with Crippen molar-refractivity contribution < 1.29 is 9.53 Å². The van der Waals surface area contributed by atoms with Crippen molar-refractivity contribution in [3.8, 4) is 11.4 Å². The van der Waals surface area contributed by atoms with E-state index in [1.165, 1.54) is 0 Å². The van der Waals surface area contributed by atoms with Crippen LogP contribution in [0.5, 0.6) is 5.75 Å². The monoisotopic (exact) mass is 445 g/mol. The molecule has 0 spiro atoms. The number of hydrazone groups is 1. The number of nitrogens with zero attached hydrogens (tertiary/aromatic N) is 2. The van der Waals surface area contributed by atoms with Gasteiger partial charge in [0.15, 0.2) is 0 Å². The van der Waals surface area contributed by atoms with Crippen molar-refractivity contribution in [2.45, 2.75) is 6.61 Å². The molecule has 1 aromatic heterocycles. The van der Waals surface area contributed by atoms with Crippen LogP contribution in [-0.2, 0) is 6.61 Å². The van der Waals surface area contributed by atoms with E-state index in [1.54, 1.807) is 12.3 Å². The summed E-state index contributed by atoms with van der Waals surface area (Å²) in [6, 6.07) is 33.3. The Morgan fingerprint density at radius 3 is 2.41 bits per heavy atom. The zero-order valence-electron chi connectivity index (χ0n) is 18.5. The van der Waals surface area contributed by atoms with Crippen molar-refractivity contribution in [2.75, 3.05) is 0 Å². The van der Waals surface area contributed by atoms with Gasteiger partial charge in [-0.15, -0.1) is 0 Å². The first-order chi connectivity index (χ1) is 16.8. The van der Waals surface area contributed by atoms with E-state index in [2.05, 4.69) is 10.5 Å². The first-order valence-electron chi connectivity index (χ1n) is 11.0. The summed E-state index contributed by atoms with van der Waals surface area (Å²) in [6.07, 6.45) is 5.46. The molecule has 0 aliphatic carbocycles. The zero-order valence-corrected chi connectivity index (χ0v) is 18.5. The summed E-state index contributed by atoms with van der Waals surface area (Å²) in [4.78, 5) is 12.9. The van der Waals surface area contributed by atoms with Gasteiger partial charge in [0.25, 0.3) is 5.91 Å². The number of aromatic nitrogens is 1. The maximum atomic E-state index is 12.9. The van der Waals surface area contributed by atoms with Crippen molar-refractivity contribution in [3.05, 3.63) is 132 Å². The molecule has 0 radical (unpaired) electrons. The van der Waals surface area contributed by atoms with Crippen molar-refractivity contribution in [1.82, 2.24) is 9.99 Å². The summed E-state index contributed by atoms with van der Waals surface area (Å²) in [5, 5.41) is 6.36. The quantitative estimate of drug-likeness (QED) is 0.248. The normalized spacial score (nSPS) is 11.1. The molecule has 1 heterocycles. The number of ether oxygens (including phenoxy) is 1. The van der Waals surface area contributed by atoms with Crippen LogP contribution < -0.4 is 10.2 Å². The summed E-state index contributed by atoms with van der Waals surface area (Å²) in [5.41, 5.74) is 5.89. The molecule has 0 bridgehead atoms. The largest absolute Gasteiger partial charge is 0.488 e. The van der Waals surface area contributed by atoms with Crippen LogP contribution in [0.4, 0.5) is 0 Å². The number of carbonyl (C=O) groups is 1. The molecule has 5 aromatic rings. The third kappa shape index (κ3) is 4.59. The van der Waals surface area contributed by atoms with E-state index in [0.29, 0.717) is 17.9 Å². The van der Waals surface area contributed by atoms with Crippen molar-refractivity contribution in [2.24, 2.45) is 5.10 Å². The fraction of sp³-hybridized carbons (Fsp3) is 0.0345. The summed E-state index contributed by atoms with van der Waals surface area (Å²) < 4.78 is 8.04. The molecule has 0 saturated heterocycles. The lowest BCUT2D eigenvalue weighted by Crippen LogP contribution is -2.19. The van der Waals surface area contributed by atoms with Crippen LogP contribution in [0.15, 0.2) is 121 Å². The van der Waals surface area contributed by atoms with Gasteiger partial charge >= 0.3 is 0 Å². The van der Waals surface area contributed by atoms with Crippen molar-refractivity contribution in [3.63, 3.8) is 0 Å². The van der Waals surface area contributed by atoms with Crippen molar-refractivity contribution >= 4 is 22.9 Å². The summed E-state index contributed by atoms with van der Waals surface area (Å²) in [7, 11) is 0. The number of hydrogen-bond acceptors (Lipinski definition) is 3. The molecule has 0 saturated carbocycles. The van der Waals surface area contributed by atoms with Crippen LogP contribution in [0, 0.1) is 0 Å². The average molecular weight is 446 g/mol. The van der Waals surface area contributed by atoms with Gasteiger partial charge in [-0.2, -0.15) is 5.10 Å². The molecule has 5 nitrogen and oxygen atoms in total. The SMILES string of the molecule is O=C(N/N=C\c1c(OCc2ccccc2)ccc2ccccc12)c1ccccc1-n1cccc1. The lowest BCUT2D eigenvalue weighted by atomic mass is 10.0. The highest BCUT2D eigenvalue weighted by molar-refractivity contribution is 6.03. The van der Waals surface area contributed by atoms with Gasteiger partial charge in [-0.1, -0.05) is 72.8 Å². The highest BCUT2D eigenvalue weighted by atomic mass is 16.5. The lowest BCUT2D eigenvalue weighted by Gasteiger charge is -2.12. The Morgan fingerprint density at radius 1 is 0.824 bits per heavy atom. The van der Waals surface area contributed by atoms with Crippen LogP contribution in [0.3, 0.4) is 0 Å². The number of benzene rings is 4. The van der Waals surface area contributed by atoms with E-state index in [1.807, 2.05) is 114 Å². The Bertz CT molecular complexity index is 1440. The van der Waals surface area contributed by atoms with Gasteiger partial charge in [0, 0.05) is 18.0 Å². The molecular formula is C29H23N3O2. The molecule has 166 valence electrons. The second-order valence-corrected chi connectivity index (χ2v) is 7.78. The molecule has 5 heteroatoms. The topological polar surface area (TPSA) is 55.6 Å². The second kappa shape index (κ2) is 9.88. The van der Waals surface area contributed by atoms with Crippen LogP contribution in [-0.4, -0.2) is 16.7 Å². The molecule has 0 aliphatic heterocycles. The number of amides is 1. The molecule has 0 unspecified atom stereocenters. The number of para-hydroxylation sites is 1. The van der Waals surface area contributed by atoms with E-state index in [4.69, 9.17) is 4.74 Å². The number of nitrogens with one attached hydrogen (secondary N) is 1. The average Bonchev–Trinajstić information content (AvgIpc) is 3.43. The van der Waals surface area contributed by atoms with E-state index >= 15 is 0 Å². The second-order valence-electron chi connectivity index (χ2n) is 7.78. The number of rotatable bonds is 7. The van der Waals surface area contributed by atoms with E-state index in [0.717, 1.165) is 27.6 Å². The number of hydrogen-bond donors (Lipinski definition) is 1. The standard InChI is InChI=1S/C29H23N3O2/c33-29(25-14-6-7-15-27(25)32-18-8-9-19-32)31-30-20-26-24-13-5-4-12-23(24)16-17-28(26)34-21-22-10-2-1-3-11-22/h1-20H,21H2,(H,31,33)/b30-20-. The van der Waals surface area contributed by atoms with Crippen LogP contribution in [0.1, 0.15) is 21.5 Å². The summed E-state index contributed by atoms with van der Waals surface area (Å²) >= 11 is 0. The maximum Gasteiger partial charge on any atom is 0.273 e. The van der Waals surface area contributed by atoms with Gasteiger partial charge in [0.05, 0.1) is 17.5 Å². The molecule has 0 aliphatic rings. The molecule has 34 heavy (non-hydrogen) atoms. The Labute approximate surface area is 197 Å².